The number of benzene rings is 2. The summed E-state index contributed by atoms with van der Waals surface area (Å²) in [6, 6.07) is 12.2. The molecular formula is C28H40N6O7S. The van der Waals surface area contributed by atoms with Crippen LogP contribution in [0.4, 0.5) is 0 Å². The molecule has 0 saturated carbocycles. The van der Waals surface area contributed by atoms with Crippen LogP contribution < -0.4 is 32.1 Å². The zero-order chi connectivity index (χ0) is 31.3. The molecule has 0 saturated heterocycles. The van der Waals surface area contributed by atoms with Crippen molar-refractivity contribution >= 4 is 33.7 Å². The van der Waals surface area contributed by atoms with Gasteiger partial charge in [0.05, 0.1) is 24.9 Å². The molecule has 14 heteroatoms. The predicted molar refractivity (Wildman–Crippen MR) is 157 cm³/mol. The third-order valence-electron chi connectivity index (χ3n) is 6.08. The zero-order valence-electron chi connectivity index (χ0n) is 23.7. The number of hydrogen-bond donors (Lipinski definition) is 7. The lowest BCUT2D eigenvalue weighted by Crippen LogP contribution is -2.51. The van der Waals surface area contributed by atoms with Gasteiger partial charge in [-0.25, -0.2) is 13.1 Å². The number of nitrogens with one attached hydrogen (secondary N) is 4. The van der Waals surface area contributed by atoms with Crippen molar-refractivity contribution in [3.05, 3.63) is 65.7 Å². The number of aromatic hydroxyl groups is 1. The molecule has 2 rings (SSSR count). The molecule has 0 spiro atoms. The summed E-state index contributed by atoms with van der Waals surface area (Å²) in [5.74, 6) is -3.11. The topological polar surface area (TPSA) is 223 Å². The van der Waals surface area contributed by atoms with Crippen molar-refractivity contribution < 1.29 is 32.7 Å². The first-order valence-electron chi connectivity index (χ1n) is 13.4. The maximum Gasteiger partial charge on any atom is 0.239 e. The SMILES string of the molecule is CC(C)C[C@H](NS(=O)(=O)C[C@H](Cc1ccccc1)NC(=O)CNC(=O)CNC(=O)[C@@H](N)Cc1ccc(O)cc1)C(N)=O. The molecule has 2 aromatic carbocycles. The summed E-state index contributed by atoms with van der Waals surface area (Å²) in [7, 11) is -4.04. The van der Waals surface area contributed by atoms with Gasteiger partial charge >= 0.3 is 0 Å². The van der Waals surface area contributed by atoms with E-state index in [0.717, 1.165) is 11.1 Å². The number of nitrogens with two attached hydrogens (primary N) is 2. The van der Waals surface area contributed by atoms with Crippen LogP contribution in [0.1, 0.15) is 31.4 Å². The van der Waals surface area contributed by atoms with E-state index in [1.807, 2.05) is 13.8 Å². The van der Waals surface area contributed by atoms with Crippen LogP contribution in [-0.2, 0) is 42.0 Å². The number of carbonyl (C=O) groups excluding carboxylic acids is 4. The highest BCUT2D eigenvalue weighted by Gasteiger charge is 2.27. The number of rotatable bonds is 17. The van der Waals surface area contributed by atoms with Gasteiger partial charge in [-0.15, -0.1) is 0 Å². The van der Waals surface area contributed by atoms with Crippen molar-refractivity contribution in [3.8, 4) is 5.75 Å². The molecule has 3 atom stereocenters. The highest BCUT2D eigenvalue weighted by molar-refractivity contribution is 7.89. The van der Waals surface area contributed by atoms with E-state index in [4.69, 9.17) is 11.5 Å². The van der Waals surface area contributed by atoms with Crippen LogP contribution in [0.15, 0.2) is 54.6 Å². The van der Waals surface area contributed by atoms with E-state index in [1.165, 1.54) is 12.1 Å². The first-order valence-corrected chi connectivity index (χ1v) is 15.1. The first kappa shape index (κ1) is 34.2. The number of primary amides is 1. The third-order valence-corrected chi connectivity index (χ3v) is 7.57. The van der Waals surface area contributed by atoms with Gasteiger partial charge in [-0.2, -0.15) is 0 Å². The Hall–Kier alpha value is -4.01. The standard InChI is InChI=1S/C28H40N6O7S/c1-18(2)12-24(27(30)38)34-42(40,41)17-21(13-19-6-4-3-5-7-19)33-26(37)16-31-25(36)15-32-28(39)23(29)14-20-8-10-22(35)11-9-20/h3-11,18,21,23-24,34-35H,12-17,29H2,1-2H3,(H2,30,38)(H,31,36)(H,32,39)(H,33,37)/t21-,23-,24-/m0/s1. The fraction of sp³-hybridized carbons (Fsp3) is 0.429. The summed E-state index contributed by atoms with van der Waals surface area (Å²) in [6.07, 6.45) is 0.574. The Morgan fingerprint density at radius 1 is 0.857 bits per heavy atom. The van der Waals surface area contributed by atoms with E-state index in [-0.39, 0.29) is 30.9 Å². The maximum atomic E-state index is 12.9. The molecule has 0 heterocycles. The van der Waals surface area contributed by atoms with Crippen molar-refractivity contribution in [1.29, 1.82) is 0 Å². The highest BCUT2D eigenvalue weighted by Crippen LogP contribution is 2.11. The smallest absolute Gasteiger partial charge is 0.239 e. The Morgan fingerprint density at radius 2 is 1.45 bits per heavy atom. The van der Waals surface area contributed by atoms with Crippen LogP contribution >= 0.6 is 0 Å². The molecule has 13 nitrogen and oxygen atoms in total. The molecule has 42 heavy (non-hydrogen) atoms. The van der Waals surface area contributed by atoms with Crippen LogP contribution in [0.2, 0.25) is 0 Å². The molecule has 9 N–H and O–H groups in total. The molecule has 2 aromatic rings. The lowest BCUT2D eigenvalue weighted by molar-refractivity contribution is -0.128. The third kappa shape index (κ3) is 13.1. The van der Waals surface area contributed by atoms with E-state index < -0.39 is 70.6 Å². The summed E-state index contributed by atoms with van der Waals surface area (Å²) in [6.45, 7) is 2.76. The van der Waals surface area contributed by atoms with E-state index >= 15 is 0 Å². The van der Waals surface area contributed by atoms with Crippen molar-refractivity contribution in [3.63, 3.8) is 0 Å². The van der Waals surface area contributed by atoms with Gasteiger partial charge in [0.1, 0.15) is 11.8 Å². The molecule has 0 aromatic heterocycles. The van der Waals surface area contributed by atoms with E-state index in [9.17, 15) is 32.7 Å². The molecule has 0 bridgehead atoms. The van der Waals surface area contributed by atoms with Gasteiger partial charge in [-0.1, -0.05) is 56.3 Å². The van der Waals surface area contributed by atoms with Crippen LogP contribution in [0.25, 0.3) is 0 Å². The van der Waals surface area contributed by atoms with Crippen molar-refractivity contribution in [2.45, 2.75) is 51.2 Å². The number of phenols is 1. The second-order valence-corrected chi connectivity index (χ2v) is 12.2. The van der Waals surface area contributed by atoms with Gasteiger partial charge in [0.25, 0.3) is 0 Å². The largest absolute Gasteiger partial charge is 0.508 e. The lowest BCUT2D eigenvalue weighted by atomic mass is 10.0. The summed E-state index contributed by atoms with van der Waals surface area (Å²) in [5.41, 5.74) is 12.8. The Labute approximate surface area is 245 Å². The summed E-state index contributed by atoms with van der Waals surface area (Å²) < 4.78 is 28.1. The summed E-state index contributed by atoms with van der Waals surface area (Å²) in [4.78, 5) is 48.9. The Kier molecular flexibility index (Phi) is 13.4. The van der Waals surface area contributed by atoms with Crippen LogP contribution in [0.3, 0.4) is 0 Å². The molecule has 0 aliphatic carbocycles. The van der Waals surface area contributed by atoms with E-state index in [1.54, 1.807) is 42.5 Å². The van der Waals surface area contributed by atoms with Gasteiger partial charge in [-0.05, 0) is 48.4 Å². The van der Waals surface area contributed by atoms with Crippen LogP contribution in [-0.4, -0.2) is 74.1 Å². The minimum atomic E-state index is -4.04. The van der Waals surface area contributed by atoms with Crippen molar-refractivity contribution in [2.24, 2.45) is 17.4 Å². The van der Waals surface area contributed by atoms with Crippen LogP contribution in [0.5, 0.6) is 5.75 Å². The molecule has 0 unspecified atom stereocenters. The minimum Gasteiger partial charge on any atom is -0.508 e. The average molecular weight is 605 g/mol. The summed E-state index contributed by atoms with van der Waals surface area (Å²) >= 11 is 0. The Morgan fingerprint density at radius 3 is 2.05 bits per heavy atom. The maximum absolute atomic E-state index is 12.9. The number of hydrogen-bond acceptors (Lipinski definition) is 8. The Bertz CT molecular complexity index is 1300. The molecule has 0 aliphatic rings. The normalized spacial score (nSPS) is 13.5. The van der Waals surface area contributed by atoms with Crippen LogP contribution in [0, 0.1) is 5.92 Å². The monoisotopic (exact) mass is 604 g/mol. The summed E-state index contributed by atoms with van der Waals surface area (Å²) in [5, 5.41) is 16.7. The van der Waals surface area contributed by atoms with Gasteiger partial charge < -0.3 is 32.5 Å². The Balaban J connectivity index is 1.91. The fourth-order valence-electron chi connectivity index (χ4n) is 4.07. The molecule has 0 aliphatic heterocycles. The zero-order valence-corrected chi connectivity index (χ0v) is 24.5. The quantitative estimate of drug-likeness (QED) is 0.119. The molecule has 4 amide bonds. The second-order valence-electron chi connectivity index (χ2n) is 10.4. The average Bonchev–Trinajstić information content (AvgIpc) is 2.91. The molecule has 0 fully saturated rings. The van der Waals surface area contributed by atoms with E-state index in [0.29, 0.717) is 0 Å². The first-order chi connectivity index (χ1) is 19.7. The lowest BCUT2D eigenvalue weighted by Gasteiger charge is -2.22. The minimum absolute atomic E-state index is 0.00779. The molecule has 0 radical (unpaired) electrons. The predicted octanol–water partition coefficient (Wildman–Crippen LogP) is -0.959. The number of carbonyl (C=O) groups is 4. The van der Waals surface area contributed by atoms with Gasteiger partial charge in [0, 0.05) is 6.04 Å². The fourth-order valence-corrected chi connectivity index (χ4v) is 5.54. The second kappa shape index (κ2) is 16.4. The number of amides is 4. The number of phenolic OH excluding ortho intramolecular Hbond substituents is 1. The highest BCUT2D eigenvalue weighted by atomic mass is 32.2. The molecular weight excluding hydrogens is 564 g/mol. The van der Waals surface area contributed by atoms with Gasteiger partial charge in [-0.3, -0.25) is 19.2 Å². The molecule has 230 valence electrons. The van der Waals surface area contributed by atoms with Crippen molar-refractivity contribution in [1.82, 2.24) is 20.7 Å². The number of sulfonamides is 1. The van der Waals surface area contributed by atoms with Gasteiger partial charge in [0.2, 0.25) is 33.7 Å². The van der Waals surface area contributed by atoms with Crippen molar-refractivity contribution in [2.75, 3.05) is 18.8 Å². The van der Waals surface area contributed by atoms with Gasteiger partial charge in [0.15, 0.2) is 0 Å². The van der Waals surface area contributed by atoms with E-state index in [2.05, 4.69) is 20.7 Å².